The van der Waals surface area contributed by atoms with E-state index in [1.165, 1.54) is 46.5 Å². The first kappa shape index (κ1) is 28.2. The molecule has 0 unspecified atom stereocenters. The Bertz CT molecular complexity index is 3210. The SMILES string of the molecule is c1ccc2nc(-n3c4ccc(-c5ccc6c(c5)c5c7ccccc7sc5n6-c5cnc6ccccc6n5)cc4c4c5ccccc5sc43)ncc2c1. The molecule has 0 aliphatic carbocycles. The van der Waals surface area contributed by atoms with E-state index in [-0.39, 0.29) is 0 Å². The lowest BCUT2D eigenvalue weighted by molar-refractivity contribution is 1.02. The fourth-order valence-electron chi connectivity index (χ4n) is 7.89. The minimum absolute atomic E-state index is 0.685. The minimum Gasteiger partial charge on any atom is -0.284 e. The molecule has 0 spiro atoms. The van der Waals surface area contributed by atoms with Gasteiger partial charge in [0.05, 0.1) is 33.8 Å². The van der Waals surface area contributed by atoms with Crippen molar-refractivity contribution in [2.24, 2.45) is 0 Å². The number of fused-ring (bicyclic) bond motifs is 12. The normalized spacial score (nSPS) is 12.2. The van der Waals surface area contributed by atoms with Crippen LogP contribution in [-0.2, 0) is 0 Å². The molecule has 12 rings (SSSR count). The molecule has 6 heterocycles. The smallest absolute Gasteiger partial charge is 0.235 e. The number of hydrogen-bond acceptors (Lipinski definition) is 6. The fraction of sp³-hybridized carbons (Fsp3) is 0. The molecule has 0 amide bonds. The van der Waals surface area contributed by atoms with Gasteiger partial charge < -0.3 is 0 Å². The second-order valence-corrected chi connectivity index (χ2v) is 15.2. The average Bonchev–Trinajstić information content (AvgIpc) is 3.93. The third-order valence-corrected chi connectivity index (χ3v) is 12.6. The molecule has 0 saturated carbocycles. The van der Waals surface area contributed by atoms with Crippen molar-refractivity contribution in [1.82, 2.24) is 29.1 Å². The average molecular weight is 701 g/mol. The van der Waals surface area contributed by atoms with E-state index in [9.17, 15) is 0 Å². The highest BCUT2D eigenvalue weighted by Gasteiger charge is 2.22. The summed E-state index contributed by atoms with van der Waals surface area (Å²) < 4.78 is 7.03. The lowest BCUT2D eigenvalue weighted by Gasteiger charge is -2.09. The van der Waals surface area contributed by atoms with Gasteiger partial charge in [0.1, 0.15) is 9.66 Å². The van der Waals surface area contributed by atoms with Gasteiger partial charge in [0, 0.05) is 53.3 Å². The Balaban J connectivity index is 1.11. The van der Waals surface area contributed by atoms with Crippen LogP contribution in [0.4, 0.5) is 0 Å². The summed E-state index contributed by atoms with van der Waals surface area (Å²) in [5.41, 5.74) is 7.25. The Labute approximate surface area is 303 Å². The highest BCUT2D eigenvalue weighted by molar-refractivity contribution is 7.26. The molecule has 0 bridgehead atoms. The molecular weight excluding hydrogens is 677 g/mol. The van der Waals surface area contributed by atoms with Crippen LogP contribution in [-0.4, -0.2) is 29.1 Å². The van der Waals surface area contributed by atoms with Crippen LogP contribution in [0.25, 0.3) is 107 Å². The van der Waals surface area contributed by atoms with Crippen LogP contribution >= 0.6 is 22.7 Å². The van der Waals surface area contributed by atoms with E-state index in [1.54, 1.807) is 22.7 Å². The van der Waals surface area contributed by atoms with Crippen molar-refractivity contribution in [2.45, 2.75) is 0 Å². The number of benzene rings is 6. The molecule has 0 saturated heterocycles. The summed E-state index contributed by atoms with van der Waals surface area (Å²) in [5, 5.41) is 8.42. The van der Waals surface area contributed by atoms with Gasteiger partial charge in [-0.25, -0.2) is 15.0 Å². The molecule has 6 nitrogen and oxygen atoms in total. The van der Waals surface area contributed by atoms with Crippen LogP contribution < -0.4 is 0 Å². The van der Waals surface area contributed by atoms with E-state index in [0.29, 0.717) is 5.95 Å². The zero-order chi connectivity index (χ0) is 33.9. The molecule has 6 aromatic carbocycles. The molecular formula is C44H24N6S2. The Kier molecular flexibility index (Phi) is 5.71. The topological polar surface area (TPSA) is 61.4 Å². The monoisotopic (exact) mass is 700 g/mol. The molecule has 0 atom stereocenters. The second kappa shape index (κ2) is 10.5. The fourth-order valence-corrected chi connectivity index (χ4v) is 10.4. The second-order valence-electron chi connectivity index (χ2n) is 13.1. The highest BCUT2D eigenvalue weighted by atomic mass is 32.1. The van der Waals surface area contributed by atoms with Crippen molar-refractivity contribution in [3.63, 3.8) is 0 Å². The summed E-state index contributed by atoms with van der Waals surface area (Å²) >= 11 is 3.60. The molecule has 6 aromatic heterocycles. The molecule has 52 heavy (non-hydrogen) atoms. The Hall–Kier alpha value is -6.48. The summed E-state index contributed by atoms with van der Waals surface area (Å²) in [4.78, 5) is 22.1. The van der Waals surface area contributed by atoms with Crippen LogP contribution in [0.2, 0.25) is 0 Å². The lowest BCUT2D eigenvalue weighted by Crippen LogP contribution is -2.00. The Morgan fingerprint density at radius 2 is 1.02 bits per heavy atom. The number of nitrogens with zero attached hydrogens (tertiary/aromatic N) is 6. The van der Waals surface area contributed by atoms with Gasteiger partial charge in [0.25, 0.3) is 0 Å². The van der Waals surface area contributed by atoms with Gasteiger partial charge in [0.2, 0.25) is 5.95 Å². The maximum absolute atomic E-state index is 5.09. The van der Waals surface area contributed by atoms with Crippen LogP contribution in [0.5, 0.6) is 0 Å². The number of para-hydroxylation sites is 3. The van der Waals surface area contributed by atoms with Crippen molar-refractivity contribution in [2.75, 3.05) is 0 Å². The maximum Gasteiger partial charge on any atom is 0.235 e. The lowest BCUT2D eigenvalue weighted by atomic mass is 10.00. The third-order valence-electron chi connectivity index (χ3n) is 10.2. The Morgan fingerprint density at radius 1 is 0.442 bits per heavy atom. The quantitative estimate of drug-likeness (QED) is 0.184. The van der Waals surface area contributed by atoms with E-state index in [2.05, 4.69) is 106 Å². The van der Waals surface area contributed by atoms with Crippen LogP contribution in [0.15, 0.2) is 146 Å². The first-order valence-corrected chi connectivity index (χ1v) is 18.8. The summed E-state index contributed by atoms with van der Waals surface area (Å²) in [5.74, 6) is 1.51. The van der Waals surface area contributed by atoms with Crippen LogP contribution in [0.3, 0.4) is 0 Å². The van der Waals surface area contributed by atoms with Crippen LogP contribution in [0.1, 0.15) is 0 Å². The number of rotatable bonds is 3. The van der Waals surface area contributed by atoms with Gasteiger partial charge in [-0.2, -0.15) is 0 Å². The van der Waals surface area contributed by atoms with Gasteiger partial charge in [0.15, 0.2) is 5.82 Å². The standard InChI is InChI=1S/C44H24N6S2/c1-4-12-32-27(9-1)23-46-44(48-32)50-36-20-18-26(22-31(36)41-29-11-3-8-16-38(29)52-43(41)50)25-17-19-35-30(21-25)40-28-10-2-7-15-37(28)51-42(40)49(35)39-24-45-33-13-5-6-14-34(33)47-39/h1-24H. The summed E-state index contributed by atoms with van der Waals surface area (Å²) in [7, 11) is 0. The molecule has 0 N–H and O–H groups in total. The molecule has 12 aromatic rings. The van der Waals surface area contributed by atoms with Gasteiger partial charge >= 0.3 is 0 Å². The van der Waals surface area contributed by atoms with Crippen molar-refractivity contribution < 1.29 is 0 Å². The number of thiophene rings is 2. The van der Waals surface area contributed by atoms with E-state index in [4.69, 9.17) is 19.9 Å². The van der Waals surface area contributed by atoms with Gasteiger partial charge in [-0.15, -0.1) is 22.7 Å². The van der Waals surface area contributed by atoms with Crippen molar-refractivity contribution in [3.8, 4) is 22.9 Å². The first-order valence-electron chi connectivity index (χ1n) is 17.1. The van der Waals surface area contributed by atoms with Gasteiger partial charge in [-0.1, -0.05) is 78.9 Å². The largest absolute Gasteiger partial charge is 0.284 e. The zero-order valence-corrected chi connectivity index (χ0v) is 29.0. The van der Waals surface area contributed by atoms with Crippen molar-refractivity contribution >= 4 is 107 Å². The number of hydrogen-bond donors (Lipinski definition) is 0. The summed E-state index contributed by atoms with van der Waals surface area (Å²) in [6.45, 7) is 0. The maximum atomic E-state index is 5.09. The van der Waals surface area contributed by atoms with Crippen molar-refractivity contribution in [1.29, 1.82) is 0 Å². The third kappa shape index (κ3) is 3.93. The van der Waals surface area contributed by atoms with E-state index < -0.39 is 0 Å². The van der Waals surface area contributed by atoms with Gasteiger partial charge in [-0.3, -0.25) is 14.1 Å². The molecule has 8 heteroatoms. The predicted octanol–water partition coefficient (Wildman–Crippen LogP) is 11.9. The summed E-state index contributed by atoms with van der Waals surface area (Å²) in [6.07, 6.45) is 3.82. The van der Waals surface area contributed by atoms with E-state index >= 15 is 0 Å². The zero-order valence-electron chi connectivity index (χ0n) is 27.4. The highest BCUT2D eigenvalue weighted by Crippen LogP contribution is 2.45. The molecule has 0 radical (unpaired) electrons. The minimum atomic E-state index is 0.685. The van der Waals surface area contributed by atoms with Crippen LogP contribution in [0, 0.1) is 0 Å². The molecule has 0 aliphatic rings. The molecule has 0 fully saturated rings. The first-order chi connectivity index (χ1) is 25.8. The van der Waals surface area contributed by atoms with E-state index in [1.807, 2.05) is 48.8 Å². The van der Waals surface area contributed by atoms with Gasteiger partial charge in [-0.05, 0) is 65.7 Å². The van der Waals surface area contributed by atoms with E-state index in [0.717, 1.165) is 54.7 Å². The van der Waals surface area contributed by atoms with Crippen molar-refractivity contribution in [3.05, 3.63) is 146 Å². The predicted molar refractivity (Wildman–Crippen MR) is 218 cm³/mol. The molecule has 242 valence electrons. The Morgan fingerprint density at radius 3 is 1.73 bits per heavy atom. The summed E-state index contributed by atoms with van der Waals surface area (Å²) in [6, 6.07) is 47.3. The number of aromatic nitrogens is 6. The molecule has 0 aliphatic heterocycles.